The first-order valence-electron chi connectivity index (χ1n) is 9.62. The van der Waals surface area contributed by atoms with E-state index in [1.54, 1.807) is 17.0 Å². The van der Waals surface area contributed by atoms with Crippen LogP contribution in [0.25, 0.3) is 0 Å². The van der Waals surface area contributed by atoms with Crippen LogP contribution in [-0.4, -0.2) is 47.0 Å². The molecule has 1 aliphatic rings. The maximum atomic E-state index is 13.5. The second-order valence-electron chi connectivity index (χ2n) is 6.82. The molecule has 148 valence electrons. The molecule has 0 atom stereocenters. The van der Waals surface area contributed by atoms with Crippen LogP contribution in [0.5, 0.6) is 0 Å². The highest BCUT2D eigenvalue weighted by atomic mass is 32.2. The van der Waals surface area contributed by atoms with Gasteiger partial charge >= 0.3 is 0 Å². The van der Waals surface area contributed by atoms with Gasteiger partial charge in [-0.2, -0.15) is 0 Å². The number of rotatable bonds is 7. The highest BCUT2D eigenvalue weighted by molar-refractivity contribution is 8.00. The minimum absolute atomic E-state index is 0.108. The second kappa shape index (κ2) is 9.73. The molecular formula is C22H25FN2O2S. The first kappa shape index (κ1) is 20.4. The zero-order chi connectivity index (χ0) is 19.9. The van der Waals surface area contributed by atoms with Crippen molar-refractivity contribution >= 4 is 23.6 Å². The summed E-state index contributed by atoms with van der Waals surface area (Å²) in [6.45, 7) is 4.43. The van der Waals surface area contributed by atoms with E-state index >= 15 is 0 Å². The molecule has 2 aromatic carbocycles. The maximum absolute atomic E-state index is 13.5. The summed E-state index contributed by atoms with van der Waals surface area (Å²) in [7, 11) is 0. The number of nitrogens with zero attached hydrogens (tertiary/aromatic N) is 2. The van der Waals surface area contributed by atoms with Crippen LogP contribution in [0.4, 0.5) is 4.39 Å². The lowest BCUT2D eigenvalue weighted by Gasteiger charge is -2.22. The van der Waals surface area contributed by atoms with Crippen LogP contribution < -0.4 is 0 Å². The fraction of sp³-hybridized carbons (Fsp3) is 0.364. The Morgan fingerprint density at radius 2 is 1.86 bits per heavy atom. The van der Waals surface area contributed by atoms with Gasteiger partial charge in [-0.3, -0.25) is 9.59 Å². The fourth-order valence-corrected chi connectivity index (χ4v) is 4.27. The van der Waals surface area contributed by atoms with Crippen molar-refractivity contribution in [2.75, 3.05) is 25.4 Å². The number of hydrogen-bond donors (Lipinski definition) is 0. The SMILES string of the molecule is CCN(Cc1cccc(F)c1)C(=O)c1ccccc1SCC(=O)N1CCCC1. The molecule has 0 aliphatic carbocycles. The normalized spacial score (nSPS) is 13.6. The third-order valence-corrected chi connectivity index (χ3v) is 5.92. The van der Waals surface area contributed by atoms with Crippen LogP contribution in [0.15, 0.2) is 53.4 Å². The standard InChI is InChI=1S/C22H25FN2O2S/c1-2-24(15-17-8-7-9-18(23)14-17)22(27)19-10-3-4-11-20(19)28-16-21(26)25-12-5-6-13-25/h3-4,7-11,14H,2,5-6,12-13,15-16H2,1H3. The molecule has 1 heterocycles. The number of carbonyl (C=O) groups excluding carboxylic acids is 2. The third kappa shape index (κ3) is 5.13. The molecule has 1 fully saturated rings. The molecule has 0 radical (unpaired) electrons. The molecule has 2 aromatic rings. The number of benzene rings is 2. The molecule has 6 heteroatoms. The number of halogens is 1. The van der Waals surface area contributed by atoms with E-state index in [4.69, 9.17) is 0 Å². The van der Waals surface area contributed by atoms with Gasteiger partial charge in [0.15, 0.2) is 0 Å². The van der Waals surface area contributed by atoms with Gasteiger partial charge in [0.05, 0.1) is 11.3 Å². The Bertz CT molecular complexity index is 837. The lowest BCUT2D eigenvalue weighted by atomic mass is 10.1. The first-order valence-corrected chi connectivity index (χ1v) is 10.6. The molecule has 2 amide bonds. The number of hydrogen-bond acceptors (Lipinski definition) is 3. The lowest BCUT2D eigenvalue weighted by molar-refractivity contribution is -0.127. The van der Waals surface area contributed by atoms with Crippen LogP contribution in [0.1, 0.15) is 35.7 Å². The predicted octanol–water partition coefficient (Wildman–Crippen LogP) is 4.20. The predicted molar refractivity (Wildman–Crippen MR) is 110 cm³/mol. The first-order chi connectivity index (χ1) is 13.6. The molecule has 1 saturated heterocycles. The maximum Gasteiger partial charge on any atom is 0.255 e. The van der Waals surface area contributed by atoms with E-state index < -0.39 is 0 Å². The van der Waals surface area contributed by atoms with E-state index in [2.05, 4.69) is 0 Å². The average Bonchev–Trinajstić information content (AvgIpc) is 3.25. The molecule has 28 heavy (non-hydrogen) atoms. The third-order valence-electron chi connectivity index (χ3n) is 4.86. The van der Waals surface area contributed by atoms with Crippen molar-refractivity contribution in [2.45, 2.75) is 31.2 Å². The summed E-state index contributed by atoms with van der Waals surface area (Å²) < 4.78 is 13.5. The molecule has 0 spiro atoms. The van der Waals surface area contributed by atoms with E-state index in [0.29, 0.717) is 24.4 Å². The van der Waals surface area contributed by atoms with Crippen molar-refractivity contribution in [3.8, 4) is 0 Å². The molecule has 0 unspecified atom stereocenters. The largest absolute Gasteiger partial charge is 0.342 e. The highest BCUT2D eigenvalue weighted by Crippen LogP contribution is 2.25. The van der Waals surface area contributed by atoms with Crippen molar-refractivity contribution in [1.29, 1.82) is 0 Å². The monoisotopic (exact) mass is 400 g/mol. The summed E-state index contributed by atoms with van der Waals surface area (Å²) in [4.78, 5) is 29.8. The van der Waals surface area contributed by atoms with Gasteiger partial charge in [-0.1, -0.05) is 24.3 Å². The molecule has 3 rings (SSSR count). The molecule has 1 aliphatic heterocycles. The van der Waals surface area contributed by atoms with Gasteiger partial charge in [-0.15, -0.1) is 11.8 Å². The fourth-order valence-electron chi connectivity index (χ4n) is 3.32. The van der Waals surface area contributed by atoms with E-state index in [9.17, 15) is 14.0 Å². The Morgan fingerprint density at radius 3 is 2.57 bits per heavy atom. The minimum atomic E-state index is -0.308. The zero-order valence-corrected chi connectivity index (χ0v) is 16.9. The molecular weight excluding hydrogens is 375 g/mol. The van der Waals surface area contributed by atoms with E-state index in [-0.39, 0.29) is 17.6 Å². The van der Waals surface area contributed by atoms with Crippen LogP contribution in [0.3, 0.4) is 0 Å². The van der Waals surface area contributed by atoms with Gasteiger partial charge in [-0.05, 0) is 49.6 Å². The number of amides is 2. The van der Waals surface area contributed by atoms with Crippen molar-refractivity contribution < 1.29 is 14.0 Å². The van der Waals surface area contributed by atoms with Crippen molar-refractivity contribution in [3.05, 3.63) is 65.5 Å². The molecule has 0 N–H and O–H groups in total. The van der Waals surface area contributed by atoms with Crippen molar-refractivity contribution in [3.63, 3.8) is 0 Å². The van der Waals surface area contributed by atoms with E-state index in [1.165, 1.54) is 23.9 Å². The molecule has 0 aromatic heterocycles. The summed E-state index contributed by atoms with van der Waals surface area (Å²) in [5, 5.41) is 0. The zero-order valence-electron chi connectivity index (χ0n) is 16.1. The second-order valence-corrected chi connectivity index (χ2v) is 7.84. The van der Waals surface area contributed by atoms with Crippen LogP contribution in [-0.2, 0) is 11.3 Å². The van der Waals surface area contributed by atoms with Gasteiger partial charge in [0.1, 0.15) is 5.82 Å². The Hall–Kier alpha value is -2.34. The van der Waals surface area contributed by atoms with Gasteiger partial charge in [0.2, 0.25) is 5.91 Å². The van der Waals surface area contributed by atoms with Gasteiger partial charge in [0, 0.05) is 31.1 Å². The van der Waals surface area contributed by atoms with Crippen LogP contribution >= 0.6 is 11.8 Å². The summed E-state index contributed by atoms with van der Waals surface area (Å²) >= 11 is 1.41. The Kier molecular flexibility index (Phi) is 7.09. The van der Waals surface area contributed by atoms with Gasteiger partial charge in [-0.25, -0.2) is 4.39 Å². The number of thioether (sulfide) groups is 1. The summed E-state index contributed by atoms with van der Waals surface area (Å²) in [6, 6.07) is 13.7. The Labute approximate surface area is 169 Å². The van der Waals surface area contributed by atoms with Crippen molar-refractivity contribution in [2.24, 2.45) is 0 Å². The van der Waals surface area contributed by atoms with Crippen molar-refractivity contribution in [1.82, 2.24) is 9.80 Å². The molecule has 4 nitrogen and oxygen atoms in total. The topological polar surface area (TPSA) is 40.6 Å². The Morgan fingerprint density at radius 1 is 1.11 bits per heavy atom. The summed E-state index contributed by atoms with van der Waals surface area (Å²) in [6.07, 6.45) is 2.13. The lowest BCUT2D eigenvalue weighted by Crippen LogP contribution is -2.31. The van der Waals surface area contributed by atoms with Gasteiger partial charge < -0.3 is 9.80 Å². The van der Waals surface area contributed by atoms with Gasteiger partial charge in [0.25, 0.3) is 5.91 Å². The smallest absolute Gasteiger partial charge is 0.255 e. The highest BCUT2D eigenvalue weighted by Gasteiger charge is 2.21. The van der Waals surface area contributed by atoms with Crippen LogP contribution in [0.2, 0.25) is 0 Å². The minimum Gasteiger partial charge on any atom is -0.342 e. The average molecular weight is 401 g/mol. The van der Waals surface area contributed by atoms with E-state index in [0.717, 1.165) is 36.4 Å². The molecule has 0 saturated carbocycles. The Balaban J connectivity index is 1.70. The quantitative estimate of drug-likeness (QED) is 0.654. The van der Waals surface area contributed by atoms with E-state index in [1.807, 2.05) is 36.1 Å². The number of carbonyl (C=O) groups is 2. The molecule has 0 bridgehead atoms. The summed E-state index contributed by atoms with van der Waals surface area (Å²) in [5.41, 5.74) is 1.34. The summed E-state index contributed by atoms with van der Waals surface area (Å²) in [5.74, 6) is 0.0399. The number of likely N-dealkylation sites (tertiary alicyclic amines) is 1. The van der Waals surface area contributed by atoms with Crippen LogP contribution in [0, 0.1) is 5.82 Å².